The van der Waals surface area contributed by atoms with Gasteiger partial charge in [0.05, 0.1) is 6.54 Å². The van der Waals surface area contributed by atoms with E-state index < -0.39 is 0 Å². The average Bonchev–Trinajstić information content (AvgIpc) is 3.27. The molecule has 1 aliphatic rings. The van der Waals surface area contributed by atoms with Gasteiger partial charge in [0, 0.05) is 18.2 Å². The lowest BCUT2D eigenvalue weighted by Gasteiger charge is -2.23. The van der Waals surface area contributed by atoms with Crippen LogP contribution in [0.1, 0.15) is 44.2 Å². The van der Waals surface area contributed by atoms with Crippen LogP contribution in [-0.4, -0.2) is 24.0 Å². The maximum atomic E-state index is 13.4. The van der Waals surface area contributed by atoms with Crippen molar-refractivity contribution in [2.24, 2.45) is 11.7 Å². The first kappa shape index (κ1) is 16.0. The Morgan fingerprint density at radius 3 is 2.76 bits per heavy atom. The molecular weight excluding hydrogens is 263 g/mol. The first-order valence-corrected chi connectivity index (χ1v) is 7.81. The van der Waals surface area contributed by atoms with Gasteiger partial charge >= 0.3 is 0 Å². The van der Waals surface area contributed by atoms with Crippen molar-refractivity contribution < 1.29 is 4.39 Å². The molecule has 21 heavy (non-hydrogen) atoms. The van der Waals surface area contributed by atoms with Crippen LogP contribution in [0.5, 0.6) is 0 Å². The normalized spacial score (nSPS) is 14.4. The van der Waals surface area contributed by atoms with Crippen LogP contribution in [0.25, 0.3) is 0 Å². The summed E-state index contributed by atoms with van der Waals surface area (Å²) in [4.78, 5) is 2.51. The molecule has 3 heteroatoms. The third kappa shape index (κ3) is 5.15. The highest BCUT2D eigenvalue weighted by Gasteiger charge is 2.29. The molecule has 1 aromatic carbocycles. The van der Waals surface area contributed by atoms with E-state index in [1.54, 1.807) is 0 Å². The van der Waals surface area contributed by atoms with E-state index >= 15 is 0 Å². The molecule has 0 unspecified atom stereocenters. The second-order valence-corrected chi connectivity index (χ2v) is 6.19. The van der Waals surface area contributed by atoms with Gasteiger partial charge in [0.1, 0.15) is 5.82 Å². The van der Waals surface area contributed by atoms with Gasteiger partial charge in [0.25, 0.3) is 0 Å². The molecule has 0 saturated heterocycles. The summed E-state index contributed by atoms with van der Waals surface area (Å²) >= 11 is 0. The highest BCUT2D eigenvalue weighted by Crippen LogP contribution is 2.29. The van der Waals surface area contributed by atoms with Gasteiger partial charge in [-0.1, -0.05) is 31.8 Å². The summed E-state index contributed by atoms with van der Waals surface area (Å²) in [6.45, 7) is 6.76. The maximum absolute atomic E-state index is 13.4. The highest BCUT2D eigenvalue weighted by molar-refractivity contribution is 5.42. The maximum Gasteiger partial charge on any atom is 0.124 e. The molecule has 1 fully saturated rings. The number of hydrogen-bond acceptors (Lipinski definition) is 2. The van der Waals surface area contributed by atoms with Crippen molar-refractivity contribution in [1.82, 2.24) is 4.90 Å². The zero-order chi connectivity index (χ0) is 15.2. The predicted molar refractivity (Wildman–Crippen MR) is 85.2 cm³/mol. The Labute approximate surface area is 127 Å². The third-order valence-electron chi connectivity index (χ3n) is 3.83. The molecule has 0 bridgehead atoms. The van der Waals surface area contributed by atoms with E-state index in [9.17, 15) is 4.39 Å². The molecule has 0 spiro atoms. The Kier molecular flexibility index (Phi) is 5.78. The van der Waals surface area contributed by atoms with Crippen LogP contribution in [0, 0.1) is 23.6 Å². The summed E-state index contributed by atoms with van der Waals surface area (Å²) < 4.78 is 13.4. The second kappa shape index (κ2) is 7.59. The van der Waals surface area contributed by atoms with E-state index in [4.69, 9.17) is 5.73 Å². The number of nitrogens with two attached hydrogens (primary N) is 1. The van der Waals surface area contributed by atoms with Gasteiger partial charge in [-0.05, 0) is 49.4 Å². The number of hydrogen-bond donors (Lipinski definition) is 1. The summed E-state index contributed by atoms with van der Waals surface area (Å²) in [5.74, 6) is 6.30. The molecule has 0 aromatic heterocycles. The molecule has 1 aromatic rings. The van der Waals surface area contributed by atoms with Crippen molar-refractivity contribution in [3.63, 3.8) is 0 Å². The first-order valence-electron chi connectivity index (χ1n) is 7.81. The highest BCUT2D eigenvalue weighted by atomic mass is 19.1. The van der Waals surface area contributed by atoms with E-state index in [1.807, 2.05) is 6.07 Å². The first-order chi connectivity index (χ1) is 10.1. The van der Waals surface area contributed by atoms with Crippen LogP contribution in [-0.2, 0) is 6.54 Å². The van der Waals surface area contributed by atoms with Crippen molar-refractivity contribution in [2.75, 3.05) is 13.1 Å². The molecule has 114 valence electrons. The van der Waals surface area contributed by atoms with E-state index in [1.165, 1.54) is 31.4 Å². The van der Waals surface area contributed by atoms with Crippen LogP contribution in [0.2, 0.25) is 0 Å². The molecular formula is C18H25FN2. The van der Waals surface area contributed by atoms with Crippen molar-refractivity contribution in [3.8, 4) is 11.8 Å². The van der Waals surface area contributed by atoms with E-state index in [0.717, 1.165) is 24.2 Å². The molecule has 2 nitrogen and oxygen atoms in total. The monoisotopic (exact) mass is 288 g/mol. The summed E-state index contributed by atoms with van der Waals surface area (Å²) in [7, 11) is 0. The minimum atomic E-state index is -0.236. The Balaban J connectivity index is 2.12. The molecule has 0 aliphatic heterocycles. The molecule has 0 radical (unpaired) electrons. The van der Waals surface area contributed by atoms with Crippen LogP contribution in [0.3, 0.4) is 0 Å². The molecule has 0 amide bonds. The average molecular weight is 288 g/mol. The van der Waals surface area contributed by atoms with Crippen LogP contribution in [0.15, 0.2) is 18.2 Å². The van der Waals surface area contributed by atoms with E-state index in [-0.39, 0.29) is 5.82 Å². The predicted octanol–water partition coefficient (Wildman–Crippen LogP) is 3.15. The Bertz CT molecular complexity index is 524. The van der Waals surface area contributed by atoms with Crippen LogP contribution < -0.4 is 5.73 Å². The molecule has 2 N–H and O–H groups in total. The lowest BCUT2D eigenvalue weighted by Crippen LogP contribution is -2.28. The van der Waals surface area contributed by atoms with E-state index in [2.05, 4.69) is 30.6 Å². The standard InChI is InChI=1S/C18H25FN2/c1-14(2)9-11-21(18-7-8-18)13-16-5-6-17(19)12-15(16)4-3-10-20/h5-6,12,14,18H,7-11,13,20H2,1-2H3. The van der Waals surface area contributed by atoms with Crippen molar-refractivity contribution in [3.05, 3.63) is 35.1 Å². The van der Waals surface area contributed by atoms with Gasteiger partial charge in [0.2, 0.25) is 0 Å². The Morgan fingerprint density at radius 1 is 1.38 bits per heavy atom. The number of rotatable bonds is 6. The van der Waals surface area contributed by atoms with Crippen molar-refractivity contribution in [1.29, 1.82) is 0 Å². The van der Waals surface area contributed by atoms with Crippen LogP contribution >= 0.6 is 0 Å². The van der Waals surface area contributed by atoms with Gasteiger partial charge in [-0.2, -0.15) is 0 Å². The lowest BCUT2D eigenvalue weighted by molar-refractivity contribution is 0.239. The van der Waals surface area contributed by atoms with Gasteiger partial charge < -0.3 is 5.73 Å². The largest absolute Gasteiger partial charge is 0.320 e. The van der Waals surface area contributed by atoms with Gasteiger partial charge in [-0.15, -0.1) is 0 Å². The quantitative estimate of drug-likeness (QED) is 0.815. The summed E-state index contributed by atoms with van der Waals surface area (Å²) in [5, 5.41) is 0. The molecule has 2 rings (SSSR count). The van der Waals surface area contributed by atoms with Crippen LogP contribution in [0.4, 0.5) is 4.39 Å². The third-order valence-corrected chi connectivity index (χ3v) is 3.83. The molecule has 0 heterocycles. The fourth-order valence-electron chi connectivity index (χ4n) is 2.42. The Morgan fingerprint density at radius 2 is 2.14 bits per heavy atom. The minimum Gasteiger partial charge on any atom is -0.320 e. The smallest absolute Gasteiger partial charge is 0.124 e. The summed E-state index contributed by atoms with van der Waals surface area (Å²) in [6.07, 6.45) is 3.76. The molecule has 1 aliphatic carbocycles. The fourth-order valence-corrected chi connectivity index (χ4v) is 2.42. The fraction of sp³-hybridized carbons (Fsp3) is 0.556. The van der Waals surface area contributed by atoms with E-state index in [0.29, 0.717) is 18.5 Å². The van der Waals surface area contributed by atoms with Gasteiger partial charge in [-0.3, -0.25) is 4.90 Å². The topological polar surface area (TPSA) is 29.3 Å². The molecule has 0 atom stereocenters. The van der Waals surface area contributed by atoms with Crippen molar-refractivity contribution >= 4 is 0 Å². The van der Waals surface area contributed by atoms with Gasteiger partial charge in [-0.25, -0.2) is 4.39 Å². The molecule has 1 saturated carbocycles. The number of nitrogens with zero attached hydrogens (tertiary/aromatic N) is 1. The Hall–Kier alpha value is -1.37. The summed E-state index contributed by atoms with van der Waals surface area (Å²) in [6, 6.07) is 5.60. The zero-order valence-corrected chi connectivity index (χ0v) is 13.0. The summed E-state index contributed by atoms with van der Waals surface area (Å²) in [5.41, 5.74) is 7.31. The number of benzene rings is 1. The zero-order valence-electron chi connectivity index (χ0n) is 13.0. The van der Waals surface area contributed by atoms with Crippen molar-refractivity contribution in [2.45, 2.75) is 45.7 Å². The lowest BCUT2D eigenvalue weighted by atomic mass is 10.1. The second-order valence-electron chi connectivity index (χ2n) is 6.19. The minimum absolute atomic E-state index is 0.236. The number of halogens is 1. The SMILES string of the molecule is CC(C)CCN(Cc1ccc(F)cc1C#CCN)C1CC1. The van der Waals surface area contributed by atoms with Gasteiger partial charge in [0.15, 0.2) is 0 Å².